The van der Waals surface area contributed by atoms with E-state index in [1.807, 2.05) is 49.4 Å². The summed E-state index contributed by atoms with van der Waals surface area (Å²) < 4.78 is 11.6. The smallest absolute Gasteiger partial charge is 0.169 e. The van der Waals surface area contributed by atoms with Crippen LogP contribution in [0.2, 0.25) is 0 Å². The molecule has 2 aromatic rings. The van der Waals surface area contributed by atoms with E-state index in [1.165, 1.54) is 0 Å². The van der Waals surface area contributed by atoms with Gasteiger partial charge in [-0.1, -0.05) is 31.3 Å². The number of para-hydroxylation sites is 2. The average Bonchev–Trinajstić information content (AvgIpc) is 2.46. The summed E-state index contributed by atoms with van der Waals surface area (Å²) in [7, 11) is 0. The minimum absolute atomic E-state index is 0.394. The molecule has 0 radical (unpaired) electrons. The monoisotopic (exact) mass is 301 g/mol. The summed E-state index contributed by atoms with van der Waals surface area (Å²) in [5, 5.41) is 0. The molecule has 0 spiro atoms. The predicted molar refractivity (Wildman–Crippen MR) is 89.4 cm³/mol. The molecule has 2 aromatic carbocycles. The normalized spacial score (nSPS) is 10.2. The van der Waals surface area contributed by atoms with Crippen LogP contribution in [-0.2, 0) is 0 Å². The Balaban J connectivity index is 2.22. The highest BCUT2D eigenvalue weighted by molar-refractivity contribution is 7.80. The molecular formula is C17H19NO2S. The molecule has 0 amide bonds. The van der Waals surface area contributed by atoms with Crippen molar-refractivity contribution in [2.75, 3.05) is 6.61 Å². The topological polar surface area (TPSA) is 44.5 Å². The Morgan fingerprint density at radius 1 is 1.14 bits per heavy atom. The molecule has 0 atom stereocenters. The summed E-state index contributed by atoms with van der Waals surface area (Å²) in [6.07, 6.45) is 0.954. The Kier molecular flexibility index (Phi) is 5.17. The van der Waals surface area contributed by atoms with Gasteiger partial charge in [-0.05, 0) is 49.2 Å². The molecule has 0 aliphatic rings. The molecule has 0 unspecified atom stereocenters. The highest BCUT2D eigenvalue weighted by atomic mass is 32.1. The first-order valence-electron chi connectivity index (χ1n) is 6.92. The molecule has 0 fully saturated rings. The van der Waals surface area contributed by atoms with E-state index in [0.717, 1.165) is 29.0 Å². The molecule has 0 aliphatic heterocycles. The fraction of sp³-hybridized carbons (Fsp3) is 0.235. The Morgan fingerprint density at radius 3 is 2.48 bits per heavy atom. The van der Waals surface area contributed by atoms with Crippen LogP contribution in [0.25, 0.3) is 0 Å². The Bertz CT molecular complexity index is 640. The number of hydrogen-bond acceptors (Lipinski definition) is 3. The number of rotatable bonds is 6. The summed E-state index contributed by atoms with van der Waals surface area (Å²) in [4.78, 5) is 0.394. The van der Waals surface area contributed by atoms with Crippen molar-refractivity contribution in [1.82, 2.24) is 0 Å². The zero-order valence-electron chi connectivity index (χ0n) is 12.3. The van der Waals surface area contributed by atoms with Gasteiger partial charge in [-0.2, -0.15) is 0 Å². The van der Waals surface area contributed by atoms with Crippen LogP contribution in [-0.4, -0.2) is 11.6 Å². The summed E-state index contributed by atoms with van der Waals surface area (Å²) in [6, 6.07) is 13.3. The number of hydrogen-bond donors (Lipinski definition) is 1. The van der Waals surface area contributed by atoms with Crippen LogP contribution >= 0.6 is 12.2 Å². The van der Waals surface area contributed by atoms with Crippen LogP contribution in [0, 0.1) is 6.92 Å². The Hall–Kier alpha value is -2.07. The lowest BCUT2D eigenvalue weighted by Crippen LogP contribution is -2.10. The van der Waals surface area contributed by atoms with E-state index in [4.69, 9.17) is 27.4 Å². The molecule has 0 aromatic heterocycles. The van der Waals surface area contributed by atoms with Crippen LogP contribution < -0.4 is 15.2 Å². The summed E-state index contributed by atoms with van der Waals surface area (Å²) in [5.74, 6) is 2.18. The van der Waals surface area contributed by atoms with E-state index in [-0.39, 0.29) is 0 Å². The molecule has 3 nitrogen and oxygen atoms in total. The summed E-state index contributed by atoms with van der Waals surface area (Å²) in [5.41, 5.74) is 7.53. The third-order valence-electron chi connectivity index (χ3n) is 3.00. The molecule has 4 heteroatoms. The molecule has 0 saturated carbocycles. The number of ether oxygens (including phenoxy) is 2. The van der Waals surface area contributed by atoms with E-state index in [2.05, 4.69) is 6.92 Å². The van der Waals surface area contributed by atoms with Crippen molar-refractivity contribution in [2.45, 2.75) is 20.3 Å². The minimum atomic E-state index is 0.394. The van der Waals surface area contributed by atoms with Gasteiger partial charge >= 0.3 is 0 Å². The fourth-order valence-corrected chi connectivity index (χ4v) is 2.20. The lowest BCUT2D eigenvalue weighted by Gasteiger charge is -2.13. The first-order valence-corrected chi connectivity index (χ1v) is 7.32. The maximum Gasteiger partial charge on any atom is 0.169 e. The third kappa shape index (κ3) is 3.95. The van der Waals surface area contributed by atoms with Crippen molar-refractivity contribution in [3.8, 4) is 17.2 Å². The second kappa shape index (κ2) is 7.09. The van der Waals surface area contributed by atoms with Gasteiger partial charge in [0.2, 0.25) is 0 Å². The molecular weight excluding hydrogens is 282 g/mol. The Morgan fingerprint density at radius 2 is 1.86 bits per heavy atom. The third-order valence-corrected chi connectivity index (χ3v) is 3.22. The SMILES string of the molecule is CCCOc1ccccc1Oc1ccc(C(N)=S)c(C)c1. The second-order valence-corrected chi connectivity index (χ2v) is 5.18. The van der Waals surface area contributed by atoms with Gasteiger partial charge < -0.3 is 15.2 Å². The summed E-state index contributed by atoms with van der Waals surface area (Å²) in [6.45, 7) is 4.70. The number of thiocarbonyl (C=S) groups is 1. The maximum atomic E-state index is 5.91. The van der Waals surface area contributed by atoms with Gasteiger partial charge in [0.1, 0.15) is 10.7 Å². The van der Waals surface area contributed by atoms with E-state index >= 15 is 0 Å². The molecule has 0 heterocycles. The second-order valence-electron chi connectivity index (χ2n) is 4.74. The zero-order chi connectivity index (χ0) is 15.2. The van der Waals surface area contributed by atoms with Crippen molar-refractivity contribution >= 4 is 17.2 Å². The average molecular weight is 301 g/mol. The first kappa shape index (κ1) is 15.3. The molecule has 110 valence electrons. The lowest BCUT2D eigenvalue weighted by atomic mass is 10.1. The van der Waals surface area contributed by atoms with Crippen LogP contribution in [0.3, 0.4) is 0 Å². The van der Waals surface area contributed by atoms with Crippen molar-refractivity contribution in [3.05, 3.63) is 53.6 Å². The van der Waals surface area contributed by atoms with E-state index in [9.17, 15) is 0 Å². The molecule has 0 saturated heterocycles. The van der Waals surface area contributed by atoms with Crippen LogP contribution in [0.15, 0.2) is 42.5 Å². The van der Waals surface area contributed by atoms with Crippen LogP contribution in [0.1, 0.15) is 24.5 Å². The highest BCUT2D eigenvalue weighted by Gasteiger charge is 2.07. The van der Waals surface area contributed by atoms with Gasteiger partial charge in [-0.25, -0.2) is 0 Å². The largest absolute Gasteiger partial charge is 0.490 e. The molecule has 0 aliphatic carbocycles. The minimum Gasteiger partial charge on any atom is -0.490 e. The van der Waals surface area contributed by atoms with Crippen molar-refractivity contribution in [3.63, 3.8) is 0 Å². The fourth-order valence-electron chi connectivity index (χ4n) is 1.97. The molecule has 0 bridgehead atoms. The van der Waals surface area contributed by atoms with Gasteiger partial charge in [-0.3, -0.25) is 0 Å². The molecule has 2 N–H and O–H groups in total. The number of nitrogens with two attached hydrogens (primary N) is 1. The Labute approximate surface area is 130 Å². The number of benzene rings is 2. The van der Waals surface area contributed by atoms with Gasteiger partial charge in [0.15, 0.2) is 11.5 Å². The molecule has 2 rings (SSSR count). The van der Waals surface area contributed by atoms with Crippen molar-refractivity contribution in [1.29, 1.82) is 0 Å². The van der Waals surface area contributed by atoms with Gasteiger partial charge in [0.25, 0.3) is 0 Å². The van der Waals surface area contributed by atoms with Crippen LogP contribution in [0.5, 0.6) is 17.2 Å². The maximum absolute atomic E-state index is 5.91. The van der Waals surface area contributed by atoms with E-state index < -0.39 is 0 Å². The van der Waals surface area contributed by atoms with Gasteiger partial charge in [0.05, 0.1) is 6.61 Å². The van der Waals surface area contributed by atoms with Crippen LogP contribution in [0.4, 0.5) is 0 Å². The van der Waals surface area contributed by atoms with E-state index in [1.54, 1.807) is 0 Å². The molecule has 21 heavy (non-hydrogen) atoms. The van der Waals surface area contributed by atoms with Gasteiger partial charge in [0, 0.05) is 5.56 Å². The van der Waals surface area contributed by atoms with E-state index in [0.29, 0.717) is 17.3 Å². The van der Waals surface area contributed by atoms with Gasteiger partial charge in [-0.15, -0.1) is 0 Å². The summed E-state index contributed by atoms with van der Waals surface area (Å²) >= 11 is 5.01. The van der Waals surface area contributed by atoms with Crippen molar-refractivity contribution in [2.24, 2.45) is 5.73 Å². The standard InChI is InChI=1S/C17H19NO2S/c1-3-10-19-15-6-4-5-7-16(15)20-13-8-9-14(17(18)21)12(2)11-13/h4-9,11H,3,10H2,1-2H3,(H2,18,21). The lowest BCUT2D eigenvalue weighted by molar-refractivity contribution is 0.302. The number of aryl methyl sites for hydroxylation is 1. The quantitative estimate of drug-likeness (QED) is 0.812. The first-order chi connectivity index (χ1) is 10.1. The highest BCUT2D eigenvalue weighted by Crippen LogP contribution is 2.32. The zero-order valence-corrected chi connectivity index (χ0v) is 13.1. The predicted octanol–water partition coefficient (Wildman–Crippen LogP) is 4.21. The van der Waals surface area contributed by atoms with Crippen molar-refractivity contribution < 1.29 is 9.47 Å².